The Morgan fingerprint density at radius 2 is 1.88 bits per heavy atom. The van der Waals surface area contributed by atoms with E-state index >= 15 is 0 Å². The van der Waals surface area contributed by atoms with E-state index in [1.54, 1.807) is 11.3 Å². The van der Waals surface area contributed by atoms with Crippen LogP contribution < -0.4 is 0 Å². The highest BCUT2D eigenvalue weighted by atomic mass is 32.1. The molecule has 2 heterocycles. The lowest BCUT2D eigenvalue weighted by atomic mass is 10.2. The average molecular weight is 244 g/mol. The first-order valence-corrected chi connectivity index (χ1v) is 6.35. The predicted octanol–water partition coefficient (Wildman–Crippen LogP) is 2.98. The van der Waals surface area contributed by atoms with Crippen LogP contribution in [0.4, 0.5) is 0 Å². The molecular formula is C12H12N4S. The molecule has 1 aromatic carbocycles. The van der Waals surface area contributed by atoms with E-state index in [4.69, 9.17) is 0 Å². The number of hydrogen-bond acceptors (Lipinski definition) is 4. The lowest BCUT2D eigenvalue weighted by molar-refractivity contribution is 0.727. The normalized spacial score (nSPS) is 11.5. The quantitative estimate of drug-likeness (QED) is 0.696. The SMILES string of the molecule is CC(C)c1nnc2sc(-c3ccccc3)nn12. The Morgan fingerprint density at radius 3 is 2.59 bits per heavy atom. The fourth-order valence-corrected chi connectivity index (χ4v) is 2.54. The van der Waals surface area contributed by atoms with E-state index in [9.17, 15) is 0 Å². The van der Waals surface area contributed by atoms with Crippen molar-refractivity contribution in [2.45, 2.75) is 19.8 Å². The van der Waals surface area contributed by atoms with Crippen LogP contribution in [-0.2, 0) is 0 Å². The van der Waals surface area contributed by atoms with Gasteiger partial charge in [0.05, 0.1) is 0 Å². The van der Waals surface area contributed by atoms with E-state index in [2.05, 4.69) is 41.3 Å². The summed E-state index contributed by atoms with van der Waals surface area (Å²) in [5.41, 5.74) is 1.12. The van der Waals surface area contributed by atoms with Crippen molar-refractivity contribution in [2.75, 3.05) is 0 Å². The minimum Gasteiger partial charge on any atom is -0.187 e. The number of benzene rings is 1. The van der Waals surface area contributed by atoms with Crippen LogP contribution >= 0.6 is 11.3 Å². The molecule has 3 rings (SSSR count). The van der Waals surface area contributed by atoms with Gasteiger partial charge in [0.2, 0.25) is 4.96 Å². The van der Waals surface area contributed by atoms with Crippen LogP contribution in [0.15, 0.2) is 30.3 Å². The molecule has 0 aliphatic rings. The number of nitrogens with zero attached hydrogens (tertiary/aromatic N) is 4. The van der Waals surface area contributed by atoms with Gasteiger partial charge in [0, 0.05) is 11.5 Å². The topological polar surface area (TPSA) is 43.1 Å². The molecule has 0 aliphatic carbocycles. The molecular weight excluding hydrogens is 232 g/mol. The Labute approximate surface area is 103 Å². The second-order valence-electron chi connectivity index (χ2n) is 4.18. The van der Waals surface area contributed by atoms with Crippen molar-refractivity contribution in [3.05, 3.63) is 36.2 Å². The summed E-state index contributed by atoms with van der Waals surface area (Å²) in [6.45, 7) is 4.19. The highest BCUT2D eigenvalue weighted by molar-refractivity contribution is 7.19. The first kappa shape index (κ1) is 10.4. The molecule has 0 fully saturated rings. The van der Waals surface area contributed by atoms with Crippen LogP contribution in [0, 0.1) is 0 Å². The van der Waals surface area contributed by atoms with Crippen molar-refractivity contribution in [2.24, 2.45) is 0 Å². The summed E-state index contributed by atoms with van der Waals surface area (Å²) >= 11 is 1.57. The zero-order valence-electron chi connectivity index (χ0n) is 9.66. The molecule has 0 saturated carbocycles. The van der Waals surface area contributed by atoms with Crippen molar-refractivity contribution in [1.29, 1.82) is 0 Å². The van der Waals surface area contributed by atoms with Gasteiger partial charge in [-0.25, -0.2) is 0 Å². The highest BCUT2D eigenvalue weighted by Crippen LogP contribution is 2.26. The smallest absolute Gasteiger partial charge is 0.187 e. The highest BCUT2D eigenvalue weighted by Gasteiger charge is 2.14. The van der Waals surface area contributed by atoms with Crippen LogP contribution in [0.2, 0.25) is 0 Å². The van der Waals surface area contributed by atoms with Gasteiger partial charge in [-0.3, -0.25) is 0 Å². The van der Waals surface area contributed by atoms with Crippen molar-refractivity contribution < 1.29 is 0 Å². The van der Waals surface area contributed by atoms with Gasteiger partial charge in [-0.1, -0.05) is 55.5 Å². The summed E-state index contributed by atoms with van der Waals surface area (Å²) in [5, 5.41) is 13.9. The lowest BCUT2D eigenvalue weighted by Gasteiger charge is -1.98. The fraction of sp³-hybridized carbons (Fsp3) is 0.250. The summed E-state index contributed by atoms with van der Waals surface area (Å²) in [6, 6.07) is 10.1. The third-order valence-corrected chi connectivity index (χ3v) is 3.50. The van der Waals surface area contributed by atoms with E-state index in [-0.39, 0.29) is 0 Å². The van der Waals surface area contributed by atoms with Crippen molar-refractivity contribution in [3.8, 4) is 10.6 Å². The van der Waals surface area contributed by atoms with Crippen LogP contribution in [-0.4, -0.2) is 19.8 Å². The van der Waals surface area contributed by atoms with Gasteiger partial charge in [0.15, 0.2) is 5.82 Å². The number of aromatic nitrogens is 4. The zero-order chi connectivity index (χ0) is 11.8. The van der Waals surface area contributed by atoms with Gasteiger partial charge in [0.1, 0.15) is 5.01 Å². The van der Waals surface area contributed by atoms with Crippen molar-refractivity contribution in [1.82, 2.24) is 19.8 Å². The standard InChI is InChI=1S/C12H12N4S/c1-8(2)10-13-14-12-16(10)15-11(17-12)9-6-4-3-5-7-9/h3-8H,1-2H3. The van der Waals surface area contributed by atoms with Gasteiger partial charge >= 0.3 is 0 Å². The van der Waals surface area contributed by atoms with E-state index in [1.165, 1.54) is 0 Å². The maximum Gasteiger partial charge on any atom is 0.234 e. The van der Waals surface area contributed by atoms with Crippen molar-refractivity contribution >= 4 is 16.3 Å². The lowest BCUT2D eigenvalue weighted by Crippen LogP contribution is -1.97. The van der Waals surface area contributed by atoms with Gasteiger partial charge in [-0.2, -0.15) is 9.61 Å². The Balaban J connectivity index is 2.15. The first-order chi connectivity index (χ1) is 8.25. The Morgan fingerprint density at radius 1 is 1.12 bits per heavy atom. The number of hydrogen-bond donors (Lipinski definition) is 0. The molecule has 4 nitrogen and oxygen atoms in total. The van der Waals surface area contributed by atoms with Gasteiger partial charge in [-0.05, 0) is 0 Å². The third-order valence-electron chi connectivity index (χ3n) is 2.55. The van der Waals surface area contributed by atoms with Gasteiger partial charge in [0.25, 0.3) is 0 Å². The predicted molar refractivity (Wildman–Crippen MR) is 68.2 cm³/mol. The monoisotopic (exact) mass is 244 g/mol. The molecule has 0 bridgehead atoms. The summed E-state index contributed by atoms with van der Waals surface area (Å²) in [6.07, 6.45) is 0. The fourth-order valence-electron chi connectivity index (χ4n) is 1.69. The maximum atomic E-state index is 4.57. The molecule has 17 heavy (non-hydrogen) atoms. The molecule has 2 aromatic heterocycles. The third kappa shape index (κ3) is 1.72. The van der Waals surface area contributed by atoms with Crippen LogP contribution in [0.3, 0.4) is 0 Å². The second kappa shape index (κ2) is 3.92. The molecule has 5 heteroatoms. The van der Waals surface area contributed by atoms with E-state index in [1.807, 2.05) is 22.7 Å². The molecule has 0 saturated heterocycles. The minimum absolute atomic E-state index is 0.329. The molecule has 86 valence electrons. The van der Waals surface area contributed by atoms with Gasteiger partial charge in [-0.15, -0.1) is 10.2 Å². The molecule has 0 atom stereocenters. The summed E-state index contributed by atoms with van der Waals surface area (Å²) in [7, 11) is 0. The van der Waals surface area contributed by atoms with E-state index < -0.39 is 0 Å². The molecule has 3 aromatic rings. The largest absolute Gasteiger partial charge is 0.234 e. The summed E-state index contributed by atoms with van der Waals surface area (Å²) < 4.78 is 1.84. The summed E-state index contributed by atoms with van der Waals surface area (Å²) in [5.74, 6) is 1.24. The molecule has 0 radical (unpaired) electrons. The van der Waals surface area contributed by atoms with Crippen LogP contribution in [0.5, 0.6) is 0 Å². The summed E-state index contributed by atoms with van der Waals surface area (Å²) in [4.78, 5) is 0.854. The average Bonchev–Trinajstić information content (AvgIpc) is 2.88. The van der Waals surface area contributed by atoms with E-state index in [0.29, 0.717) is 5.92 Å². The molecule has 0 aliphatic heterocycles. The van der Waals surface area contributed by atoms with E-state index in [0.717, 1.165) is 21.4 Å². The van der Waals surface area contributed by atoms with Crippen LogP contribution in [0.25, 0.3) is 15.5 Å². The Kier molecular flexibility index (Phi) is 2.40. The van der Waals surface area contributed by atoms with Crippen molar-refractivity contribution in [3.63, 3.8) is 0 Å². The molecule has 0 amide bonds. The zero-order valence-corrected chi connectivity index (χ0v) is 10.5. The Hall–Kier alpha value is -1.75. The minimum atomic E-state index is 0.329. The van der Waals surface area contributed by atoms with Crippen LogP contribution in [0.1, 0.15) is 25.6 Å². The molecule has 0 unspecified atom stereocenters. The Bertz CT molecular complexity index is 639. The molecule has 0 spiro atoms. The number of fused-ring (bicyclic) bond motifs is 1. The number of rotatable bonds is 2. The molecule has 0 N–H and O–H groups in total. The maximum absolute atomic E-state index is 4.57. The first-order valence-electron chi connectivity index (χ1n) is 5.53. The second-order valence-corrected chi connectivity index (χ2v) is 5.14. The van der Waals surface area contributed by atoms with Gasteiger partial charge < -0.3 is 0 Å².